The van der Waals surface area contributed by atoms with Gasteiger partial charge in [-0.15, -0.1) is 0 Å². The van der Waals surface area contributed by atoms with Crippen LogP contribution in [0.1, 0.15) is 37.0 Å². The third kappa shape index (κ3) is 4.54. The maximum absolute atomic E-state index is 11.9. The van der Waals surface area contributed by atoms with E-state index in [0.717, 1.165) is 56.2 Å². The first-order valence-electron chi connectivity index (χ1n) is 9.95. The second-order valence-electron chi connectivity index (χ2n) is 7.12. The van der Waals surface area contributed by atoms with Crippen molar-refractivity contribution in [2.75, 3.05) is 41.3 Å². The van der Waals surface area contributed by atoms with Crippen LogP contribution in [0, 0.1) is 0 Å². The van der Waals surface area contributed by atoms with Crippen LogP contribution in [0.5, 0.6) is 0 Å². The quantitative estimate of drug-likeness (QED) is 0.681. The van der Waals surface area contributed by atoms with Crippen LogP contribution in [0.15, 0.2) is 36.4 Å². The highest BCUT2D eigenvalue weighted by atomic mass is 16.1. The van der Waals surface area contributed by atoms with Crippen molar-refractivity contribution < 1.29 is 4.79 Å². The van der Waals surface area contributed by atoms with E-state index in [1.54, 1.807) is 6.07 Å². The molecular formula is C21H30N6O. The van der Waals surface area contributed by atoms with Gasteiger partial charge in [0.2, 0.25) is 0 Å². The molecule has 1 aliphatic heterocycles. The van der Waals surface area contributed by atoms with Gasteiger partial charge < -0.3 is 26.6 Å². The lowest BCUT2D eigenvalue weighted by molar-refractivity contribution is 0.100. The minimum Gasteiger partial charge on any atom is -0.372 e. The molecule has 2 heterocycles. The topological polar surface area (TPSA) is 101 Å². The maximum atomic E-state index is 11.9. The number of anilines is 4. The first-order valence-corrected chi connectivity index (χ1v) is 9.95. The van der Waals surface area contributed by atoms with Crippen molar-refractivity contribution in [1.82, 2.24) is 4.98 Å². The zero-order valence-corrected chi connectivity index (χ0v) is 16.7. The maximum Gasteiger partial charge on any atom is 0.252 e. The lowest BCUT2D eigenvalue weighted by Crippen LogP contribution is -2.43. The summed E-state index contributed by atoms with van der Waals surface area (Å²) < 4.78 is 0. The van der Waals surface area contributed by atoms with Crippen LogP contribution in [-0.4, -0.2) is 43.1 Å². The van der Waals surface area contributed by atoms with Gasteiger partial charge in [0.1, 0.15) is 11.6 Å². The number of carbonyl (C=O) groups excluding carboxylic acids is 1. The summed E-state index contributed by atoms with van der Waals surface area (Å²) in [5, 5.41) is 3.26. The summed E-state index contributed by atoms with van der Waals surface area (Å²) in [5.41, 5.74) is 14.1. The Balaban J connectivity index is 1.85. The third-order valence-corrected chi connectivity index (χ3v) is 5.19. The number of hydrogen-bond acceptors (Lipinski definition) is 6. The molecule has 3 rings (SSSR count). The molecule has 1 aromatic carbocycles. The Morgan fingerprint density at radius 3 is 2.54 bits per heavy atom. The van der Waals surface area contributed by atoms with Gasteiger partial charge in [0.25, 0.3) is 5.91 Å². The van der Waals surface area contributed by atoms with Gasteiger partial charge in [-0.2, -0.15) is 0 Å². The average Bonchev–Trinajstić information content (AvgIpc) is 2.70. The highest BCUT2D eigenvalue weighted by Crippen LogP contribution is 2.26. The molecule has 1 saturated heterocycles. The molecule has 28 heavy (non-hydrogen) atoms. The van der Waals surface area contributed by atoms with Crippen molar-refractivity contribution in [3.63, 3.8) is 0 Å². The summed E-state index contributed by atoms with van der Waals surface area (Å²) in [6.45, 7) is 7.86. The molecule has 1 unspecified atom stereocenters. The van der Waals surface area contributed by atoms with Crippen LogP contribution in [0.3, 0.4) is 0 Å². The first-order chi connectivity index (χ1) is 13.5. The standard InChI is InChI=1S/C21H30N6O/c1-3-26(4-2)17-9-7-16(8-10-17)24-21-18(20(23)28)11-12-19(25-21)27-13-5-6-15(22)14-27/h7-12,15H,3-6,13-14,22H2,1-2H3,(H2,23,28)(H,24,25). The number of hydrogen-bond donors (Lipinski definition) is 3. The number of nitrogens with one attached hydrogen (secondary N) is 1. The molecule has 1 amide bonds. The van der Waals surface area contributed by atoms with Crippen molar-refractivity contribution in [2.45, 2.75) is 32.7 Å². The largest absolute Gasteiger partial charge is 0.372 e. The number of primary amides is 1. The molecule has 7 heteroatoms. The molecule has 1 aromatic heterocycles. The van der Waals surface area contributed by atoms with E-state index in [1.807, 2.05) is 18.2 Å². The average molecular weight is 383 g/mol. The van der Waals surface area contributed by atoms with Gasteiger partial charge in [0, 0.05) is 43.6 Å². The Bertz CT molecular complexity index is 803. The van der Waals surface area contributed by atoms with Crippen molar-refractivity contribution in [3.05, 3.63) is 42.0 Å². The lowest BCUT2D eigenvalue weighted by atomic mass is 10.1. The van der Waals surface area contributed by atoms with Gasteiger partial charge in [-0.1, -0.05) is 0 Å². The Labute approximate surface area is 166 Å². The number of rotatable bonds is 7. The monoisotopic (exact) mass is 382 g/mol. The van der Waals surface area contributed by atoms with E-state index < -0.39 is 5.91 Å². The number of nitrogens with zero attached hydrogens (tertiary/aromatic N) is 3. The molecule has 5 N–H and O–H groups in total. The second kappa shape index (κ2) is 8.93. The van der Waals surface area contributed by atoms with Gasteiger partial charge in [-0.3, -0.25) is 4.79 Å². The smallest absolute Gasteiger partial charge is 0.252 e. The van der Waals surface area contributed by atoms with Crippen LogP contribution in [0.2, 0.25) is 0 Å². The van der Waals surface area contributed by atoms with Gasteiger partial charge >= 0.3 is 0 Å². The van der Waals surface area contributed by atoms with Crippen molar-refractivity contribution in [3.8, 4) is 0 Å². The molecule has 0 spiro atoms. The number of benzene rings is 1. The fraction of sp³-hybridized carbons (Fsp3) is 0.429. The molecule has 7 nitrogen and oxygen atoms in total. The van der Waals surface area contributed by atoms with Crippen LogP contribution in [0.4, 0.5) is 23.0 Å². The number of amides is 1. The van der Waals surface area contributed by atoms with Gasteiger partial charge in [0.15, 0.2) is 0 Å². The van der Waals surface area contributed by atoms with Crippen LogP contribution in [0.25, 0.3) is 0 Å². The van der Waals surface area contributed by atoms with E-state index in [0.29, 0.717) is 11.4 Å². The highest BCUT2D eigenvalue weighted by molar-refractivity contribution is 5.98. The molecule has 150 valence electrons. The van der Waals surface area contributed by atoms with Crippen LogP contribution in [-0.2, 0) is 0 Å². The van der Waals surface area contributed by atoms with E-state index in [4.69, 9.17) is 11.5 Å². The molecule has 0 radical (unpaired) electrons. The number of pyridine rings is 1. The predicted molar refractivity (Wildman–Crippen MR) is 115 cm³/mol. The predicted octanol–water partition coefficient (Wildman–Crippen LogP) is 2.70. The lowest BCUT2D eigenvalue weighted by Gasteiger charge is -2.32. The summed E-state index contributed by atoms with van der Waals surface area (Å²) in [7, 11) is 0. The summed E-state index contributed by atoms with van der Waals surface area (Å²) >= 11 is 0. The molecule has 2 aromatic rings. The fourth-order valence-electron chi connectivity index (χ4n) is 3.62. The number of carbonyl (C=O) groups is 1. The Kier molecular flexibility index (Phi) is 6.36. The minimum absolute atomic E-state index is 0.149. The molecular weight excluding hydrogens is 352 g/mol. The number of aromatic nitrogens is 1. The normalized spacial score (nSPS) is 16.7. The van der Waals surface area contributed by atoms with Crippen molar-refractivity contribution >= 4 is 28.9 Å². The summed E-state index contributed by atoms with van der Waals surface area (Å²) in [6, 6.07) is 11.8. The zero-order valence-electron chi connectivity index (χ0n) is 16.7. The third-order valence-electron chi connectivity index (χ3n) is 5.19. The molecule has 1 aliphatic rings. The molecule has 1 fully saturated rings. The van der Waals surface area contributed by atoms with Crippen molar-refractivity contribution in [1.29, 1.82) is 0 Å². The number of piperidine rings is 1. The first kappa shape index (κ1) is 19.9. The Morgan fingerprint density at radius 1 is 1.21 bits per heavy atom. The van der Waals surface area contributed by atoms with Gasteiger partial charge in [0.05, 0.1) is 5.56 Å². The van der Waals surface area contributed by atoms with E-state index in [2.05, 4.69) is 46.1 Å². The second-order valence-corrected chi connectivity index (χ2v) is 7.12. The summed E-state index contributed by atoms with van der Waals surface area (Å²) in [5.74, 6) is 0.777. The Hall–Kier alpha value is -2.80. The molecule has 0 bridgehead atoms. The molecule has 0 saturated carbocycles. The molecule has 0 aliphatic carbocycles. The Morgan fingerprint density at radius 2 is 1.93 bits per heavy atom. The fourth-order valence-corrected chi connectivity index (χ4v) is 3.62. The summed E-state index contributed by atoms with van der Waals surface area (Å²) in [4.78, 5) is 21.0. The SMILES string of the molecule is CCN(CC)c1ccc(Nc2nc(N3CCCC(N)C3)ccc2C(N)=O)cc1. The van der Waals surface area contributed by atoms with E-state index in [1.165, 1.54) is 0 Å². The van der Waals surface area contributed by atoms with Crippen LogP contribution >= 0.6 is 0 Å². The minimum atomic E-state index is -0.503. The number of nitrogens with two attached hydrogens (primary N) is 2. The van der Waals surface area contributed by atoms with Crippen LogP contribution < -0.4 is 26.6 Å². The highest BCUT2D eigenvalue weighted by Gasteiger charge is 2.20. The van der Waals surface area contributed by atoms with Gasteiger partial charge in [-0.25, -0.2) is 4.98 Å². The summed E-state index contributed by atoms with van der Waals surface area (Å²) in [6.07, 6.45) is 2.07. The van der Waals surface area contributed by atoms with E-state index in [-0.39, 0.29) is 6.04 Å². The van der Waals surface area contributed by atoms with E-state index >= 15 is 0 Å². The van der Waals surface area contributed by atoms with Crippen molar-refractivity contribution in [2.24, 2.45) is 11.5 Å². The van der Waals surface area contributed by atoms with E-state index in [9.17, 15) is 4.79 Å². The van der Waals surface area contributed by atoms with Gasteiger partial charge in [-0.05, 0) is 63.1 Å². The zero-order chi connectivity index (χ0) is 20.1. The molecule has 1 atom stereocenters.